The second-order valence-electron chi connectivity index (χ2n) is 6.89. The molecular weight excluding hydrogens is 415 g/mol. The van der Waals surface area contributed by atoms with Gasteiger partial charge in [-0.25, -0.2) is 4.39 Å². The molecule has 1 amide bonds. The predicted octanol–water partition coefficient (Wildman–Crippen LogP) is 3.85. The molecule has 1 aromatic heterocycles. The highest BCUT2D eigenvalue weighted by molar-refractivity contribution is 7.71. The number of nitrogens with one attached hydrogen (secondary N) is 2. The van der Waals surface area contributed by atoms with E-state index in [0.717, 1.165) is 25.4 Å². The summed E-state index contributed by atoms with van der Waals surface area (Å²) >= 11 is 10.9. The van der Waals surface area contributed by atoms with E-state index in [0.29, 0.717) is 46.1 Å². The molecule has 1 fully saturated rings. The fourth-order valence-corrected chi connectivity index (χ4v) is 3.78. The van der Waals surface area contributed by atoms with E-state index in [2.05, 4.69) is 14.9 Å². The molecule has 0 bridgehead atoms. The summed E-state index contributed by atoms with van der Waals surface area (Å²) in [5.74, 6) is 0.114. The first kappa shape index (κ1) is 19.9. The summed E-state index contributed by atoms with van der Waals surface area (Å²) in [6.45, 7) is 3.93. The van der Waals surface area contributed by atoms with Gasteiger partial charge in [0.2, 0.25) is 0 Å². The minimum Gasteiger partial charge on any atom is -0.492 e. The second kappa shape index (κ2) is 8.52. The molecule has 0 aliphatic carbocycles. The summed E-state index contributed by atoms with van der Waals surface area (Å²) in [5, 5.41) is 0.676. The molecule has 4 rings (SSSR count). The molecule has 0 radical (unpaired) electrons. The predicted molar refractivity (Wildman–Crippen MR) is 113 cm³/mol. The molecule has 6 nitrogen and oxygen atoms in total. The molecule has 3 aromatic rings. The zero-order chi connectivity index (χ0) is 20.4. The summed E-state index contributed by atoms with van der Waals surface area (Å²) in [5.41, 5.74) is 1.34. The van der Waals surface area contributed by atoms with Gasteiger partial charge in [-0.2, -0.15) is 0 Å². The molecule has 2 aromatic carbocycles. The Morgan fingerprint density at radius 2 is 1.86 bits per heavy atom. The maximum atomic E-state index is 13.9. The number of carbonyl (C=O) groups is 1. The van der Waals surface area contributed by atoms with Crippen LogP contribution < -0.4 is 4.74 Å². The smallest absolute Gasteiger partial charge is 0.256 e. The largest absolute Gasteiger partial charge is 0.492 e. The van der Waals surface area contributed by atoms with Crippen molar-refractivity contribution in [3.8, 4) is 5.75 Å². The van der Waals surface area contributed by atoms with Crippen LogP contribution in [-0.2, 0) is 0 Å². The van der Waals surface area contributed by atoms with Crippen LogP contribution in [0.25, 0.3) is 11.0 Å². The monoisotopic (exact) mass is 434 g/mol. The van der Waals surface area contributed by atoms with Crippen LogP contribution in [-0.4, -0.2) is 65.0 Å². The Hall–Kier alpha value is -2.42. The number of rotatable bonds is 5. The summed E-state index contributed by atoms with van der Waals surface area (Å²) in [6, 6.07) is 9.85. The van der Waals surface area contributed by atoms with Gasteiger partial charge in [0.05, 0.1) is 16.6 Å². The van der Waals surface area contributed by atoms with E-state index < -0.39 is 5.82 Å². The third-order valence-corrected chi connectivity index (χ3v) is 5.43. The Labute approximate surface area is 177 Å². The summed E-state index contributed by atoms with van der Waals surface area (Å²) < 4.78 is 20.0. The Balaban J connectivity index is 1.33. The van der Waals surface area contributed by atoms with Gasteiger partial charge < -0.3 is 19.6 Å². The number of carbonyl (C=O) groups excluding carboxylic acids is 1. The zero-order valence-corrected chi connectivity index (χ0v) is 17.2. The average molecular weight is 435 g/mol. The fourth-order valence-electron chi connectivity index (χ4n) is 3.44. The summed E-state index contributed by atoms with van der Waals surface area (Å²) in [4.78, 5) is 22.7. The van der Waals surface area contributed by atoms with E-state index >= 15 is 0 Å². The van der Waals surface area contributed by atoms with Gasteiger partial charge >= 0.3 is 0 Å². The van der Waals surface area contributed by atoms with Crippen LogP contribution in [0.4, 0.5) is 4.39 Å². The molecule has 2 N–H and O–H groups in total. The zero-order valence-electron chi connectivity index (χ0n) is 15.6. The van der Waals surface area contributed by atoms with Crippen molar-refractivity contribution in [2.24, 2.45) is 0 Å². The number of H-pyrrole nitrogens is 2. The lowest BCUT2D eigenvalue weighted by molar-refractivity contribution is 0.0621. The maximum absolute atomic E-state index is 13.9. The number of halogens is 2. The van der Waals surface area contributed by atoms with Gasteiger partial charge in [-0.05, 0) is 48.6 Å². The van der Waals surface area contributed by atoms with E-state index in [4.69, 9.17) is 28.6 Å². The van der Waals surface area contributed by atoms with Crippen molar-refractivity contribution in [2.75, 3.05) is 39.3 Å². The summed E-state index contributed by atoms with van der Waals surface area (Å²) in [6.07, 6.45) is 0. The molecule has 0 unspecified atom stereocenters. The number of nitrogens with zero attached hydrogens (tertiary/aromatic N) is 2. The number of benzene rings is 2. The van der Waals surface area contributed by atoms with E-state index in [1.807, 2.05) is 12.1 Å². The highest BCUT2D eigenvalue weighted by Crippen LogP contribution is 2.20. The first-order valence-corrected chi connectivity index (χ1v) is 10.1. The highest BCUT2D eigenvalue weighted by atomic mass is 35.5. The second-order valence-corrected chi connectivity index (χ2v) is 7.74. The lowest BCUT2D eigenvalue weighted by Gasteiger charge is -2.34. The van der Waals surface area contributed by atoms with Crippen LogP contribution in [0, 0.1) is 10.6 Å². The maximum Gasteiger partial charge on any atom is 0.256 e. The van der Waals surface area contributed by atoms with E-state index in [-0.39, 0.29) is 5.91 Å². The molecule has 2 heterocycles. The van der Waals surface area contributed by atoms with Crippen LogP contribution in [0.1, 0.15) is 10.4 Å². The molecule has 152 valence electrons. The van der Waals surface area contributed by atoms with Crippen molar-refractivity contribution in [1.82, 2.24) is 19.8 Å². The third-order valence-electron chi connectivity index (χ3n) is 4.97. The van der Waals surface area contributed by atoms with Crippen LogP contribution in [0.15, 0.2) is 36.4 Å². The van der Waals surface area contributed by atoms with E-state index in [1.54, 1.807) is 17.0 Å². The van der Waals surface area contributed by atoms with Gasteiger partial charge in [-0.1, -0.05) is 11.6 Å². The van der Waals surface area contributed by atoms with E-state index in [1.165, 1.54) is 12.1 Å². The number of fused-ring (bicyclic) bond motifs is 1. The average Bonchev–Trinajstić information content (AvgIpc) is 3.08. The number of ether oxygens (including phenoxy) is 1. The van der Waals surface area contributed by atoms with Gasteiger partial charge in [-0.15, -0.1) is 0 Å². The quantitative estimate of drug-likeness (QED) is 0.598. The number of piperazine rings is 1. The number of imidazole rings is 1. The number of aromatic nitrogens is 2. The van der Waals surface area contributed by atoms with Gasteiger partial charge in [-0.3, -0.25) is 9.69 Å². The molecule has 0 spiro atoms. The van der Waals surface area contributed by atoms with Crippen molar-refractivity contribution < 1.29 is 13.9 Å². The molecular formula is C20H20ClFN4O2S. The summed E-state index contributed by atoms with van der Waals surface area (Å²) in [7, 11) is 0. The van der Waals surface area contributed by atoms with Crippen LogP contribution in [0.2, 0.25) is 5.02 Å². The highest BCUT2D eigenvalue weighted by Gasteiger charge is 2.24. The van der Waals surface area contributed by atoms with Crippen molar-refractivity contribution in [1.29, 1.82) is 0 Å². The molecule has 9 heteroatoms. The first-order chi connectivity index (χ1) is 14.0. The molecule has 1 aliphatic heterocycles. The molecule has 29 heavy (non-hydrogen) atoms. The van der Waals surface area contributed by atoms with Gasteiger partial charge in [0.25, 0.3) is 5.91 Å². The number of aromatic amines is 2. The van der Waals surface area contributed by atoms with Crippen molar-refractivity contribution in [3.63, 3.8) is 0 Å². The SMILES string of the molecule is O=C(c1cc(F)cc2[nH]c(=S)[nH]c12)N1CCN(CCOc2ccc(Cl)cc2)CC1. The first-order valence-electron chi connectivity index (χ1n) is 9.31. The van der Waals surface area contributed by atoms with Gasteiger partial charge in [0.15, 0.2) is 4.77 Å². The van der Waals surface area contributed by atoms with Gasteiger partial charge in [0.1, 0.15) is 18.2 Å². The van der Waals surface area contributed by atoms with Crippen molar-refractivity contribution in [2.45, 2.75) is 0 Å². The van der Waals surface area contributed by atoms with Crippen LogP contribution in [0.5, 0.6) is 5.75 Å². The lowest BCUT2D eigenvalue weighted by atomic mass is 10.1. The third kappa shape index (κ3) is 4.60. The van der Waals surface area contributed by atoms with Crippen molar-refractivity contribution in [3.05, 3.63) is 57.6 Å². The standard InChI is InChI=1S/C20H20ClFN4O2S/c21-13-1-3-15(4-2-13)28-10-9-25-5-7-26(8-6-25)19(27)16-11-14(22)12-17-18(16)24-20(29)23-17/h1-4,11-12H,5-10H2,(H2,23,24,29). The minimum absolute atomic E-state index is 0.197. The Kier molecular flexibility index (Phi) is 5.84. The fraction of sp³-hybridized carbons (Fsp3) is 0.300. The number of hydrogen-bond acceptors (Lipinski definition) is 4. The Morgan fingerprint density at radius 3 is 2.59 bits per heavy atom. The number of hydrogen-bond donors (Lipinski definition) is 2. The Morgan fingerprint density at radius 1 is 1.14 bits per heavy atom. The Bertz CT molecular complexity index is 1070. The molecule has 1 saturated heterocycles. The van der Waals surface area contributed by atoms with Gasteiger partial charge in [0, 0.05) is 37.7 Å². The lowest BCUT2D eigenvalue weighted by Crippen LogP contribution is -2.49. The molecule has 0 atom stereocenters. The van der Waals surface area contributed by atoms with Crippen molar-refractivity contribution >= 4 is 40.8 Å². The van der Waals surface area contributed by atoms with Crippen LogP contribution in [0.3, 0.4) is 0 Å². The van der Waals surface area contributed by atoms with Crippen LogP contribution >= 0.6 is 23.8 Å². The van der Waals surface area contributed by atoms with E-state index in [9.17, 15) is 9.18 Å². The normalized spacial score (nSPS) is 15.0. The molecule has 0 saturated carbocycles. The minimum atomic E-state index is -0.468. The molecule has 1 aliphatic rings. The topological polar surface area (TPSA) is 64.4 Å². The number of amides is 1.